The van der Waals surface area contributed by atoms with Crippen LogP contribution in [0.5, 0.6) is 0 Å². The van der Waals surface area contributed by atoms with E-state index in [1.165, 1.54) is 12.1 Å². The Bertz CT molecular complexity index is 630. The molecule has 6 heteroatoms. The summed E-state index contributed by atoms with van der Waals surface area (Å²) < 4.78 is 10.6. The lowest BCUT2D eigenvalue weighted by Crippen LogP contribution is -2.36. The van der Waals surface area contributed by atoms with Gasteiger partial charge in [0.05, 0.1) is 10.6 Å². The lowest BCUT2D eigenvalue weighted by molar-refractivity contribution is -0.159. The molecule has 0 unspecified atom stereocenters. The van der Waals surface area contributed by atoms with Crippen LogP contribution >= 0.6 is 23.2 Å². The fraction of sp³-hybridized carbons (Fsp3) is 0.579. The largest absolute Gasteiger partial charge is 0.460 e. The maximum atomic E-state index is 12.1. The summed E-state index contributed by atoms with van der Waals surface area (Å²) >= 11 is 11.8. The van der Waals surface area contributed by atoms with Crippen molar-refractivity contribution in [3.63, 3.8) is 0 Å². The Labute approximate surface area is 158 Å². The molecular formula is C19H24Cl2O4. The number of hydrogen-bond acceptors (Lipinski definition) is 4. The molecule has 1 aliphatic rings. The standard InChI is InChI=1S/C19H24Cl2O4/c1-11(2)14-6-4-12(3)8-17(14)25-18(22)10-24-19(23)15-9-13(20)5-7-16(15)21/h5,7,9,11-12,14,17H,4,6,8,10H2,1-3H3/t12-,14-,17+/m1/s1. The van der Waals surface area contributed by atoms with Crippen molar-refractivity contribution in [2.45, 2.75) is 46.1 Å². The summed E-state index contributed by atoms with van der Waals surface area (Å²) in [6, 6.07) is 4.50. The van der Waals surface area contributed by atoms with Crippen molar-refractivity contribution in [3.8, 4) is 0 Å². The molecule has 1 aromatic rings. The summed E-state index contributed by atoms with van der Waals surface area (Å²) in [5.41, 5.74) is 0.133. The van der Waals surface area contributed by atoms with E-state index in [1.807, 2.05) is 0 Å². The van der Waals surface area contributed by atoms with Gasteiger partial charge in [0.25, 0.3) is 0 Å². The fourth-order valence-electron chi connectivity index (χ4n) is 3.31. The quantitative estimate of drug-likeness (QED) is 0.656. The first-order chi connectivity index (χ1) is 11.8. The van der Waals surface area contributed by atoms with Crippen LogP contribution in [0.15, 0.2) is 18.2 Å². The lowest BCUT2D eigenvalue weighted by Gasteiger charge is -2.36. The Kier molecular flexibility index (Phi) is 7.14. The van der Waals surface area contributed by atoms with Gasteiger partial charge in [-0.1, -0.05) is 50.4 Å². The van der Waals surface area contributed by atoms with E-state index in [2.05, 4.69) is 20.8 Å². The van der Waals surface area contributed by atoms with Gasteiger partial charge < -0.3 is 9.47 Å². The monoisotopic (exact) mass is 386 g/mol. The van der Waals surface area contributed by atoms with Crippen molar-refractivity contribution in [1.82, 2.24) is 0 Å². The predicted octanol–water partition coefficient (Wildman–Crippen LogP) is 5.15. The van der Waals surface area contributed by atoms with Crippen LogP contribution in [-0.2, 0) is 14.3 Å². The topological polar surface area (TPSA) is 52.6 Å². The lowest BCUT2D eigenvalue weighted by atomic mass is 9.75. The van der Waals surface area contributed by atoms with E-state index in [-0.39, 0.29) is 16.7 Å². The molecule has 0 amide bonds. The Morgan fingerprint density at radius 1 is 1.24 bits per heavy atom. The molecular weight excluding hydrogens is 363 g/mol. The van der Waals surface area contributed by atoms with E-state index >= 15 is 0 Å². The Morgan fingerprint density at radius 3 is 2.64 bits per heavy atom. The van der Waals surface area contributed by atoms with Crippen molar-refractivity contribution < 1.29 is 19.1 Å². The van der Waals surface area contributed by atoms with E-state index in [1.54, 1.807) is 6.07 Å². The molecule has 1 saturated carbocycles. The minimum Gasteiger partial charge on any atom is -0.460 e. The molecule has 0 heterocycles. The van der Waals surface area contributed by atoms with Gasteiger partial charge in [0, 0.05) is 5.02 Å². The van der Waals surface area contributed by atoms with Gasteiger partial charge in [0.15, 0.2) is 6.61 Å². The number of carbonyl (C=O) groups is 2. The van der Waals surface area contributed by atoms with E-state index in [0.717, 1.165) is 19.3 Å². The third kappa shape index (κ3) is 5.61. The van der Waals surface area contributed by atoms with Gasteiger partial charge in [0.1, 0.15) is 6.10 Å². The highest BCUT2D eigenvalue weighted by molar-refractivity contribution is 6.35. The Morgan fingerprint density at radius 2 is 1.96 bits per heavy atom. The van der Waals surface area contributed by atoms with Crippen molar-refractivity contribution in [3.05, 3.63) is 33.8 Å². The molecule has 0 saturated heterocycles. The summed E-state index contributed by atoms with van der Waals surface area (Å²) in [6.45, 7) is 6.02. The summed E-state index contributed by atoms with van der Waals surface area (Å²) in [6.07, 6.45) is 2.93. The molecule has 1 aliphatic carbocycles. The van der Waals surface area contributed by atoms with Crippen LogP contribution in [0.3, 0.4) is 0 Å². The van der Waals surface area contributed by atoms with Crippen LogP contribution in [0.2, 0.25) is 10.0 Å². The Balaban J connectivity index is 1.91. The summed E-state index contributed by atoms with van der Waals surface area (Å²) in [4.78, 5) is 24.2. The average molecular weight is 387 g/mol. The maximum absolute atomic E-state index is 12.1. The first-order valence-electron chi connectivity index (χ1n) is 8.59. The van der Waals surface area contributed by atoms with Crippen molar-refractivity contribution in [2.75, 3.05) is 6.61 Å². The first-order valence-corrected chi connectivity index (χ1v) is 9.35. The second-order valence-corrected chi connectivity index (χ2v) is 7.90. The predicted molar refractivity (Wildman–Crippen MR) is 98.0 cm³/mol. The molecule has 0 radical (unpaired) electrons. The number of esters is 2. The minimum absolute atomic E-state index is 0.121. The van der Waals surface area contributed by atoms with Crippen LogP contribution in [0.25, 0.3) is 0 Å². The van der Waals surface area contributed by atoms with Crippen LogP contribution < -0.4 is 0 Å². The zero-order valence-corrected chi connectivity index (χ0v) is 16.3. The molecule has 2 rings (SSSR count). The first kappa shape index (κ1) is 20.1. The molecule has 1 fully saturated rings. The molecule has 1 aromatic carbocycles. The maximum Gasteiger partial charge on any atom is 0.344 e. The summed E-state index contributed by atoms with van der Waals surface area (Å²) in [7, 11) is 0. The molecule has 3 atom stereocenters. The minimum atomic E-state index is -0.693. The SMILES string of the molecule is CC(C)[C@H]1CC[C@@H](C)C[C@@H]1OC(=O)COC(=O)c1cc(Cl)ccc1Cl. The third-order valence-corrected chi connectivity index (χ3v) is 5.28. The normalized spacial score (nSPS) is 23.4. The second kappa shape index (κ2) is 8.91. The van der Waals surface area contributed by atoms with Gasteiger partial charge in [-0.05, 0) is 48.8 Å². The van der Waals surface area contributed by atoms with Crippen LogP contribution in [-0.4, -0.2) is 24.6 Å². The van der Waals surface area contributed by atoms with Gasteiger partial charge in [-0.2, -0.15) is 0 Å². The smallest absolute Gasteiger partial charge is 0.344 e. The number of benzene rings is 1. The molecule has 0 aliphatic heterocycles. The van der Waals surface area contributed by atoms with E-state index in [9.17, 15) is 9.59 Å². The van der Waals surface area contributed by atoms with Gasteiger partial charge in [-0.15, -0.1) is 0 Å². The number of halogens is 2. The average Bonchev–Trinajstić information content (AvgIpc) is 2.54. The van der Waals surface area contributed by atoms with Gasteiger partial charge in [-0.3, -0.25) is 0 Å². The number of ether oxygens (including phenoxy) is 2. The van der Waals surface area contributed by atoms with Crippen LogP contribution in [0.4, 0.5) is 0 Å². The zero-order valence-electron chi connectivity index (χ0n) is 14.8. The highest BCUT2D eigenvalue weighted by Crippen LogP contribution is 2.35. The second-order valence-electron chi connectivity index (χ2n) is 7.05. The van der Waals surface area contributed by atoms with Gasteiger partial charge >= 0.3 is 11.9 Å². The van der Waals surface area contributed by atoms with Gasteiger partial charge in [-0.25, -0.2) is 9.59 Å². The number of rotatable bonds is 5. The highest BCUT2D eigenvalue weighted by Gasteiger charge is 2.33. The highest BCUT2D eigenvalue weighted by atomic mass is 35.5. The Hall–Kier alpha value is -1.26. The zero-order chi connectivity index (χ0) is 18.6. The van der Waals surface area contributed by atoms with Crippen LogP contribution in [0.1, 0.15) is 50.4 Å². The molecule has 0 spiro atoms. The molecule has 138 valence electrons. The van der Waals surface area contributed by atoms with E-state index in [0.29, 0.717) is 22.8 Å². The number of hydrogen-bond donors (Lipinski definition) is 0. The van der Waals surface area contributed by atoms with Gasteiger partial charge in [0.2, 0.25) is 0 Å². The fourth-order valence-corrected chi connectivity index (χ4v) is 3.68. The summed E-state index contributed by atoms with van der Waals surface area (Å²) in [5, 5.41) is 0.596. The van der Waals surface area contributed by atoms with Crippen LogP contribution in [0, 0.1) is 17.8 Å². The molecule has 4 nitrogen and oxygen atoms in total. The number of carbonyl (C=O) groups excluding carboxylic acids is 2. The van der Waals surface area contributed by atoms with Crippen molar-refractivity contribution in [2.24, 2.45) is 17.8 Å². The summed E-state index contributed by atoms with van der Waals surface area (Å²) in [5.74, 6) is 0.0927. The molecule has 25 heavy (non-hydrogen) atoms. The molecule has 0 N–H and O–H groups in total. The van der Waals surface area contributed by atoms with Crippen molar-refractivity contribution >= 4 is 35.1 Å². The van der Waals surface area contributed by atoms with Crippen molar-refractivity contribution in [1.29, 1.82) is 0 Å². The molecule has 0 aromatic heterocycles. The van der Waals surface area contributed by atoms with E-state index < -0.39 is 18.5 Å². The third-order valence-electron chi connectivity index (χ3n) is 4.71. The van der Waals surface area contributed by atoms with E-state index in [4.69, 9.17) is 32.7 Å². The molecule has 0 bridgehead atoms.